The molecule has 0 unspecified atom stereocenters. The lowest BCUT2D eigenvalue weighted by Gasteiger charge is -2.06. The van der Waals surface area contributed by atoms with Crippen molar-refractivity contribution >= 4 is 39.4 Å². The van der Waals surface area contributed by atoms with Crippen LogP contribution in [0.2, 0.25) is 0 Å². The van der Waals surface area contributed by atoms with Crippen molar-refractivity contribution in [2.75, 3.05) is 6.61 Å². The minimum atomic E-state index is 0.0892. The number of rotatable bonds is 5. The average molecular weight is 354 g/mol. The number of benzene rings is 2. The first kappa shape index (κ1) is 16.4. The summed E-state index contributed by atoms with van der Waals surface area (Å²) in [5, 5.41) is 19.2. The lowest BCUT2D eigenvalue weighted by Crippen LogP contribution is -1.92. The van der Waals surface area contributed by atoms with Crippen LogP contribution >= 0.6 is 23.1 Å². The van der Waals surface area contributed by atoms with Gasteiger partial charge in [0, 0.05) is 0 Å². The molecule has 24 heavy (non-hydrogen) atoms. The van der Waals surface area contributed by atoms with Gasteiger partial charge in [-0.2, -0.15) is 5.26 Å². The molecule has 0 aliphatic carbocycles. The zero-order valence-corrected chi connectivity index (χ0v) is 14.5. The molecule has 3 rings (SSSR count). The van der Waals surface area contributed by atoms with Crippen LogP contribution in [-0.2, 0) is 0 Å². The lowest BCUT2D eigenvalue weighted by molar-refractivity contribution is 0.318. The minimum absolute atomic E-state index is 0.0892. The van der Waals surface area contributed by atoms with Crippen LogP contribution in [0, 0.1) is 11.3 Å². The fourth-order valence-corrected chi connectivity index (χ4v) is 4.09. The number of nitriles is 1. The Kier molecular flexibility index (Phi) is 5.04. The summed E-state index contributed by atoms with van der Waals surface area (Å²) in [7, 11) is 0. The fourth-order valence-electron chi connectivity index (χ4n) is 2.12. The summed E-state index contributed by atoms with van der Waals surface area (Å²) in [6, 6.07) is 15.1. The number of allylic oxidation sites excluding steroid dienone is 1. The quantitative estimate of drug-likeness (QED) is 0.512. The van der Waals surface area contributed by atoms with Crippen LogP contribution in [0.1, 0.15) is 12.5 Å². The van der Waals surface area contributed by atoms with E-state index in [0.717, 1.165) is 20.1 Å². The molecule has 4 nitrogen and oxygen atoms in total. The number of thiazole rings is 1. The molecule has 6 heteroatoms. The third-order valence-corrected chi connectivity index (χ3v) is 5.19. The van der Waals surface area contributed by atoms with E-state index in [-0.39, 0.29) is 5.75 Å². The number of fused-ring (bicyclic) bond motifs is 1. The Morgan fingerprint density at radius 1 is 1.38 bits per heavy atom. The molecule has 0 amide bonds. The first-order valence-corrected chi connectivity index (χ1v) is 8.94. The van der Waals surface area contributed by atoms with E-state index < -0.39 is 0 Å². The van der Waals surface area contributed by atoms with Crippen LogP contribution in [-0.4, -0.2) is 16.7 Å². The molecule has 0 aliphatic heterocycles. The van der Waals surface area contributed by atoms with Crippen molar-refractivity contribution in [1.82, 2.24) is 4.98 Å². The summed E-state index contributed by atoms with van der Waals surface area (Å²) in [6.45, 7) is 2.32. The minimum Gasteiger partial charge on any atom is -0.504 e. The molecule has 1 N–H and O–H groups in total. The highest BCUT2D eigenvalue weighted by Crippen LogP contribution is 2.35. The van der Waals surface area contributed by atoms with Gasteiger partial charge in [-0.3, -0.25) is 0 Å². The second-order valence-electron chi connectivity index (χ2n) is 4.83. The van der Waals surface area contributed by atoms with Crippen LogP contribution in [0.5, 0.6) is 11.5 Å². The molecule has 0 bridgehead atoms. The molecule has 3 aromatic rings. The van der Waals surface area contributed by atoms with E-state index >= 15 is 0 Å². The highest BCUT2D eigenvalue weighted by atomic mass is 32.2. The van der Waals surface area contributed by atoms with Crippen molar-refractivity contribution in [3.05, 3.63) is 52.9 Å². The number of hydrogen-bond acceptors (Lipinski definition) is 6. The van der Waals surface area contributed by atoms with Crippen LogP contribution in [0.25, 0.3) is 16.3 Å². The second kappa shape index (κ2) is 7.39. The first-order chi connectivity index (χ1) is 11.7. The van der Waals surface area contributed by atoms with Crippen molar-refractivity contribution in [3.8, 4) is 17.6 Å². The molecule has 0 aliphatic rings. The third kappa shape index (κ3) is 3.70. The maximum absolute atomic E-state index is 9.75. The highest BCUT2D eigenvalue weighted by Gasteiger charge is 2.08. The van der Waals surface area contributed by atoms with E-state index in [1.54, 1.807) is 35.6 Å². The Hall–Kier alpha value is -2.49. The van der Waals surface area contributed by atoms with E-state index in [1.165, 1.54) is 11.8 Å². The second-order valence-corrected chi connectivity index (χ2v) is 7.15. The van der Waals surface area contributed by atoms with Crippen molar-refractivity contribution < 1.29 is 9.84 Å². The number of phenols is 1. The summed E-state index contributed by atoms with van der Waals surface area (Å²) in [5.41, 5.74) is 1.73. The predicted octanol–water partition coefficient (Wildman–Crippen LogP) is 5.06. The summed E-state index contributed by atoms with van der Waals surface area (Å²) >= 11 is 2.90. The Balaban J connectivity index is 1.87. The average Bonchev–Trinajstić information content (AvgIpc) is 2.99. The number of nitrogens with zero attached hydrogens (tertiary/aromatic N) is 2. The normalized spacial score (nSPS) is 11.4. The van der Waals surface area contributed by atoms with E-state index in [1.807, 2.05) is 31.2 Å². The monoisotopic (exact) mass is 354 g/mol. The number of phenolic OH excluding ortho intramolecular Hbond substituents is 1. The zero-order valence-electron chi connectivity index (χ0n) is 12.9. The van der Waals surface area contributed by atoms with Gasteiger partial charge < -0.3 is 9.84 Å². The molecule has 1 aromatic heterocycles. The van der Waals surface area contributed by atoms with Crippen LogP contribution in [0.15, 0.2) is 51.7 Å². The van der Waals surface area contributed by atoms with Gasteiger partial charge >= 0.3 is 0 Å². The summed E-state index contributed by atoms with van der Waals surface area (Å²) in [5.74, 6) is 0.500. The topological polar surface area (TPSA) is 66.1 Å². The van der Waals surface area contributed by atoms with E-state index in [2.05, 4.69) is 11.1 Å². The SMILES string of the molecule is CCOc1cc(/C=C(\C#N)Sc2nc3ccccc3s2)ccc1O. The van der Waals surface area contributed by atoms with Gasteiger partial charge in [0.15, 0.2) is 15.8 Å². The maximum Gasteiger partial charge on any atom is 0.161 e. The number of thioether (sulfide) groups is 1. The molecular weight excluding hydrogens is 340 g/mol. The van der Waals surface area contributed by atoms with Crippen molar-refractivity contribution in [2.45, 2.75) is 11.3 Å². The van der Waals surface area contributed by atoms with Gasteiger partial charge in [0.1, 0.15) is 6.07 Å². The molecule has 0 radical (unpaired) electrons. The van der Waals surface area contributed by atoms with Gasteiger partial charge in [0.25, 0.3) is 0 Å². The van der Waals surface area contributed by atoms with Gasteiger partial charge in [0.2, 0.25) is 0 Å². The number of aromatic nitrogens is 1. The summed E-state index contributed by atoms with van der Waals surface area (Å²) < 4.78 is 7.30. The van der Waals surface area contributed by atoms with Crippen LogP contribution in [0.3, 0.4) is 0 Å². The third-order valence-electron chi connectivity index (χ3n) is 3.16. The highest BCUT2D eigenvalue weighted by molar-refractivity contribution is 8.05. The standard InChI is InChI=1S/C18H14N2O2S2/c1-2-22-16-10-12(7-8-15(16)21)9-13(11-19)23-18-20-14-5-3-4-6-17(14)24-18/h3-10,21H,2H2,1H3/b13-9+. The van der Waals surface area contributed by atoms with Crippen molar-refractivity contribution in [2.24, 2.45) is 0 Å². The van der Waals surface area contributed by atoms with E-state index in [9.17, 15) is 10.4 Å². The lowest BCUT2D eigenvalue weighted by atomic mass is 10.2. The van der Waals surface area contributed by atoms with Gasteiger partial charge in [-0.25, -0.2) is 4.98 Å². The van der Waals surface area contributed by atoms with Crippen molar-refractivity contribution in [1.29, 1.82) is 5.26 Å². The van der Waals surface area contributed by atoms with Gasteiger partial charge in [-0.05, 0) is 54.6 Å². The van der Waals surface area contributed by atoms with Crippen LogP contribution in [0.4, 0.5) is 0 Å². The van der Waals surface area contributed by atoms with Crippen LogP contribution < -0.4 is 4.74 Å². The molecule has 0 saturated heterocycles. The van der Waals surface area contributed by atoms with Crippen molar-refractivity contribution in [3.63, 3.8) is 0 Å². The molecule has 1 heterocycles. The van der Waals surface area contributed by atoms with E-state index in [4.69, 9.17) is 4.74 Å². The molecule has 0 saturated carbocycles. The number of ether oxygens (including phenoxy) is 1. The smallest absolute Gasteiger partial charge is 0.161 e. The number of hydrogen-bond donors (Lipinski definition) is 1. The predicted molar refractivity (Wildman–Crippen MR) is 98.3 cm³/mol. The molecule has 2 aromatic carbocycles. The Bertz CT molecular complexity index is 909. The Morgan fingerprint density at radius 2 is 2.21 bits per heavy atom. The molecule has 120 valence electrons. The molecule has 0 spiro atoms. The first-order valence-electron chi connectivity index (χ1n) is 7.30. The summed E-state index contributed by atoms with van der Waals surface area (Å²) in [4.78, 5) is 5.06. The Labute approximate surface area is 148 Å². The van der Waals surface area contributed by atoms with Gasteiger partial charge in [-0.15, -0.1) is 11.3 Å². The Morgan fingerprint density at radius 3 is 2.96 bits per heavy atom. The molecule has 0 fully saturated rings. The summed E-state index contributed by atoms with van der Waals surface area (Å²) in [6.07, 6.45) is 1.76. The zero-order chi connectivity index (χ0) is 16.9. The molecule has 0 atom stereocenters. The largest absolute Gasteiger partial charge is 0.504 e. The maximum atomic E-state index is 9.75. The van der Waals surface area contributed by atoms with Gasteiger partial charge in [0.05, 0.1) is 21.7 Å². The van der Waals surface area contributed by atoms with Gasteiger partial charge in [-0.1, -0.05) is 18.2 Å². The number of para-hydroxylation sites is 1. The number of aromatic hydroxyl groups is 1. The fraction of sp³-hybridized carbons (Fsp3) is 0.111. The molecular formula is C18H14N2O2S2. The van der Waals surface area contributed by atoms with E-state index in [0.29, 0.717) is 17.3 Å².